The van der Waals surface area contributed by atoms with Gasteiger partial charge in [-0.15, -0.1) is 12.4 Å². The lowest BCUT2D eigenvalue weighted by Crippen LogP contribution is -2.52. The molecular weight excluding hydrogens is 290 g/mol. The van der Waals surface area contributed by atoms with Gasteiger partial charge in [-0.3, -0.25) is 9.59 Å². The normalized spacial score (nSPS) is 10.5. The standard InChI is InChI=1S/C15H23N3O2.ClH/c1-4-15(5-2,10-16)18-14(20)12-8-6-7-11(9-12)13(19)17-3;/h6-9H,4-5,10,16H2,1-3H3,(H,17,19)(H,18,20);1H. The number of hydrogen-bond acceptors (Lipinski definition) is 3. The molecule has 0 bridgehead atoms. The van der Waals surface area contributed by atoms with Crippen molar-refractivity contribution in [1.82, 2.24) is 10.6 Å². The molecule has 4 N–H and O–H groups in total. The summed E-state index contributed by atoms with van der Waals surface area (Å²) in [5, 5.41) is 5.52. The van der Waals surface area contributed by atoms with E-state index in [9.17, 15) is 9.59 Å². The van der Waals surface area contributed by atoms with E-state index in [2.05, 4.69) is 10.6 Å². The van der Waals surface area contributed by atoms with Crippen LogP contribution in [-0.2, 0) is 0 Å². The van der Waals surface area contributed by atoms with E-state index in [4.69, 9.17) is 5.73 Å². The van der Waals surface area contributed by atoms with Crippen LogP contribution >= 0.6 is 12.4 Å². The molecule has 0 saturated heterocycles. The second kappa shape index (κ2) is 8.64. The van der Waals surface area contributed by atoms with E-state index in [0.717, 1.165) is 12.8 Å². The Labute approximate surface area is 132 Å². The summed E-state index contributed by atoms with van der Waals surface area (Å²) in [7, 11) is 1.56. The number of carbonyl (C=O) groups is 2. The Morgan fingerprint density at radius 3 is 2.10 bits per heavy atom. The number of rotatable bonds is 6. The average molecular weight is 314 g/mol. The fourth-order valence-electron chi connectivity index (χ4n) is 2.03. The molecule has 1 aromatic rings. The Balaban J connectivity index is 0.00000400. The highest BCUT2D eigenvalue weighted by molar-refractivity contribution is 5.99. The SMILES string of the molecule is CCC(CC)(CN)NC(=O)c1cccc(C(=O)NC)c1.Cl. The first-order valence-corrected chi connectivity index (χ1v) is 6.86. The van der Waals surface area contributed by atoms with Gasteiger partial charge in [0, 0.05) is 24.7 Å². The Hall–Kier alpha value is -1.59. The van der Waals surface area contributed by atoms with Crippen molar-refractivity contribution in [2.75, 3.05) is 13.6 Å². The lowest BCUT2D eigenvalue weighted by atomic mass is 9.92. The number of nitrogens with two attached hydrogens (primary N) is 1. The van der Waals surface area contributed by atoms with Gasteiger partial charge in [0.1, 0.15) is 0 Å². The molecule has 0 saturated carbocycles. The van der Waals surface area contributed by atoms with Crippen LogP contribution in [0.1, 0.15) is 47.4 Å². The minimum Gasteiger partial charge on any atom is -0.355 e. The summed E-state index contributed by atoms with van der Waals surface area (Å²) >= 11 is 0. The van der Waals surface area contributed by atoms with E-state index in [1.807, 2.05) is 13.8 Å². The van der Waals surface area contributed by atoms with Gasteiger partial charge >= 0.3 is 0 Å². The van der Waals surface area contributed by atoms with Crippen molar-refractivity contribution >= 4 is 24.2 Å². The summed E-state index contributed by atoms with van der Waals surface area (Å²) in [6.45, 7) is 4.38. The summed E-state index contributed by atoms with van der Waals surface area (Å²) in [5.74, 6) is -0.416. The van der Waals surface area contributed by atoms with Crippen molar-refractivity contribution in [1.29, 1.82) is 0 Å². The molecule has 0 radical (unpaired) electrons. The summed E-state index contributed by atoms with van der Waals surface area (Å²) in [6, 6.07) is 6.64. The lowest BCUT2D eigenvalue weighted by molar-refractivity contribution is 0.0895. The van der Waals surface area contributed by atoms with Crippen LogP contribution in [0.2, 0.25) is 0 Å². The number of benzene rings is 1. The van der Waals surface area contributed by atoms with Gasteiger partial charge in [-0.05, 0) is 31.0 Å². The van der Waals surface area contributed by atoms with Crippen LogP contribution in [0, 0.1) is 0 Å². The molecule has 0 aromatic heterocycles. The van der Waals surface area contributed by atoms with Crippen molar-refractivity contribution < 1.29 is 9.59 Å². The molecule has 2 amide bonds. The minimum absolute atomic E-state index is 0. The minimum atomic E-state index is -0.389. The van der Waals surface area contributed by atoms with Crippen LogP contribution in [-0.4, -0.2) is 30.9 Å². The van der Waals surface area contributed by atoms with Crippen molar-refractivity contribution in [3.05, 3.63) is 35.4 Å². The van der Waals surface area contributed by atoms with Crippen LogP contribution in [0.25, 0.3) is 0 Å². The monoisotopic (exact) mass is 313 g/mol. The molecule has 0 atom stereocenters. The molecule has 0 fully saturated rings. The topological polar surface area (TPSA) is 84.2 Å². The number of halogens is 1. The predicted molar refractivity (Wildman–Crippen MR) is 86.9 cm³/mol. The molecular formula is C15H24ClN3O2. The summed E-state index contributed by atoms with van der Waals surface area (Å²) in [5.41, 5.74) is 6.32. The zero-order valence-electron chi connectivity index (χ0n) is 12.7. The third-order valence-electron chi connectivity index (χ3n) is 3.74. The van der Waals surface area contributed by atoms with Gasteiger partial charge in [0.05, 0.1) is 5.54 Å². The molecule has 1 rings (SSSR count). The van der Waals surface area contributed by atoms with E-state index in [0.29, 0.717) is 17.7 Å². The van der Waals surface area contributed by atoms with Gasteiger partial charge in [-0.2, -0.15) is 0 Å². The van der Waals surface area contributed by atoms with Gasteiger partial charge in [0.2, 0.25) is 0 Å². The molecule has 0 aliphatic carbocycles. The highest BCUT2D eigenvalue weighted by atomic mass is 35.5. The van der Waals surface area contributed by atoms with Crippen molar-refractivity contribution in [3.63, 3.8) is 0 Å². The zero-order chi connectivity index (χ0) is 15.2. The Morgan fingerprint density at radius 1 is 1.14 bits per heavy atom. The molecule has 0 aliphatic rings. The summed E-state index contributed by atoms with van der Waals surface area (Å²) < 4.78 is 0. The van der Waals surface area contributed by atoms with E-state index >= 15 is 0 Å². The van der Waals surface area contributed by atoms with Crippen molar-refractivity contribution in [3.8, 4) is 0 Å². The summed E-state index contributed by atoms with van der Waals surface area (Å²) in [6.07, 6.45) is 1.53. The quantitative estimate of drug-likeness (QED) is 0.747. The first kappa shape index (κ1) is 19.4. The zero-order valence-corrected chi connectivity index (χ0v) is 13.5. The van der Waals surface area contributed by atoms with Gasteiger partial charge in [-0.25, -0.2) is 0 Å². The molecule has 1 aromatic carbocycles. The van der Waals surface area contributed by atoms with Gasteiger partial charge in [0.25, 0.3) is 11.8 Å². The summed E-state index contributed by atoms with van der Waals surface area (Å²) in [4.78, 5) is 23.9. The Kier molecular flexibility index (Phi) is 7.99. The van der Waals surface area contributed by atoms with E-state index in [1.54, 1.807) is 31.3 Å². The first-order chi connectivity index (χ1) is 9.51. The van der Waals surface area contributed by atoms with Crippen molar-refractivity contribution in [2.24, 2.45) is 5.73 Å². The number of amides is 2. The maximum Gasteiger partial charge on any atom is 0.251 e. The van der Waals surface area contributed by atoms with Crippen LogP contribution in [0.4, 0.5) is 0 Å². The van der Waals surface area contributed by atoms with Crippen LogP contribution < -0.4 is 16.4 Å². The number of hydrogen-bond donors (Lipinski definition) is 3. The van der Waals surface area contributed by atoms with Gasteiger partial charge < -0.3 is 16.4 Å². The van der Waals surface area contributed by atoms with Crippen LogP contribution in [0.5, 0.6) is 0 Å². The van der Waals surface area contributed by atoms with E-state index in [-0.39, 0.29) is 29.8 Å². The molecule has 118 valence electrons. The molecule has 6 heteroatoms. The number of carbonyl (C=O) groups excluding carboxylic acids is 2. The van der Waals surface area contributed by atoms with Crippen LogP contribution in [0.15, 0.2) is 24.3 Å². The average Bonchev–Trinajstić information content (AvgIpc) is 2.52. The third-order valence-corrected chi connectivity index (χ3v) is 3.74. The maximum absolute atomic E-state index is 12.3. The Bertz CT molecular complexity index is 479. The predicted octanol–water partition coefficient (Wildman–Crippen LogP) is 1.72. The second-order valence-electron chi connectivity index (χ2n) is 4.81. The largest absolute Gasteiger partial charge is 0.355 e. The fourth-order valence-corrected chi connectivity index (χ4v) is 2.03. The van der Waals surface area contributed by atoms with Crippen molar-refractivity contribution in [2.45, 2.75) is 32.2 Å². The van der Waals surface area contributed by atoms with E-state index in [1.165, 1.54) is 0 Å². The highest BCUT2D eigenvalue weighted by Crippen LogP contribution is 2.15. The molecule has 21 heavy (non-hydrogen) atoms. The second-order valence-corrected chi connectivity index (χ2v) is 4.81. The van der Waals surface area contributed by atoms with Gasteiger partial charge in [0.15, 0.2) is 0 Å². The Morgan fingerprint density at radius 2 is 1.67 bits per heavy atom. The smallest absolute Gasteiger partial charge is 0.251 e. The van der Waals surface area contributed by atoms with Crippen LogP contribution in [0.3, 0.4) is 0 Å². The number of nitrogens with one attached hydrogen (secondary N) is 2. The molecule has 0 aliphatic heterocycles. The maximum atomic E-state index is 12.3. The highest BCUT2D eigenvalue weighted by Gasteiger charge is 2.26. The lowest BCUT2D eigenvalue weighted by Gasteiger charge is -2.31. The molecule has 5 nitrogen and oxygen atoms in total. The van der Waals surface area contributed by atoms with E-state index < -0.39 is 0 Å². The molecule has 0 spiro atoms. The fraction of sp³-hybridized carbons (Fsp3) is 0.467. The third kappa shape index (κ3) is 4.72. The molecule has 0 heterocycles. The molecule has 0 unspecified atom stereocenters. The first-order valence-electron chi connectivity index (χ1n) is 6.86. The van der Waals surface area contributed by atoms with Gasteiger partial charge in [-0.1, -0.05) is 19.9 Å².